The fourth-order valence-electron chi connectivity index (χ4n) is 2.31. The van der Waals surface area contributed by atoms with E-state index in [-0.39, 0.29) is 0 Å². The number of aryl methyl sites for hydroxylation is 1. The van der Waals surface area contributed by atoms with Gasteiger partial charge in [0.1, 0.15) is 17.0 Å². The molecule has 0 aliphatic heterocycles. The van der Waals surface area contributed by atoms with Gasteiger partial charge in [-0.05, 0) is 26.0 Å². The number of esters is 1. The second-order valence-electron chi connectivity index (χ2n) is 4.56. The van der Waals surface area contributed by atoms with Gasteiger partial charge in [-0.3, -0.25) is 4.98 Å². The number of fused-ring (bicyclic) bond motifs is 1. The van der Waals surface area contributed by atoms with E-state index >= 15 is 0 Å². The van der Waals surface area contributed by atoms with Crippen molar-refractivity contribution in [3.63, 3.8) is 0 Å². The molecule has 0 amide bonds. The summed E-state index contributed by atoms with van der Waals surface area (Å²) in [5, 5.41) is 4.95. The zero-order valence-electron chi connectivity index (χ0n) is 11.8. The van der Waals surface area contributed by atoms with Crippen LogP contribution < -0.4 is 0 Å². The van der Waals surface area contributed by atoms with Crippen LogP contribution in [0.15, 0.2) is 41.1 Å². The molecule has 0 fully saturated rings. The van der Waals surface area contributed by atoms with E-state index < -0.39 is 5.97 Å². The van der Waals surface area contributed by atoms with Crippen molar-refractivity contribution in [1.82, 2.24) is 10.1 Å². The van der Waals surface area contributed by atoms with Crippen molar-refractivity contribution >= 4 is 16.9 Å². The van der Waals surface area contributed by atoms with Crippen molar-refractivity contribution in [2.24, 2.45) is 0 Å². The molecule has 0 N–H and O–H groups in total. The molecule has 5 nitrogen and oxygen atoms in total. The molecule has 0 saturated carbocycles. The van der Waals surface area contributed by atoms with Gasteiger partial charge in [0.15, 0.2) is 0 Å². The average molecular weight is 282 g/mol. The molecule has 0 aliphatic carbocycles. The maximum Gasteiger partial charge on any atom is 0.344 e. The van der Waals surface area contributed by atoms with Crippen molar-refractivity contribution in [3.05, 3.63) is 47.9 Å². The predicted molar refractivity (Wildman–Crippen MR) is 77.9 cm³/mol. The van der Waals surface area contributed by atoms with Crippen LogP contribution in [0.4, 0.5) is 0 Å². The van der Waals surface area contributed by atoms with Crippen LogP contribution in [-0.4, -0.2) is 22.7 Å². The number of carbonyl (C=O) groups excluding carboxylic acids is 1. The van der Waals surface area contributed by atoms with Crippen LogP contribution in [0.25, 0.3) is 22.2 Å². The Labute approximate surface area is 121 Å². The molecule has 0 atom stereocenters. The molecule has 2 aromatic heterocycles. The Kier molecular flexibility index (Phi) is 3.39. The minimum Gasteiger partial charge on any atom is -0.462 e. The summed E-state index contributed by atoms with van der Waals surface area (Å²) in [6.07, 6.45) is 1.73. The molecule has 21 heavy (non-hydrogen) atoms. The Balaban J connectivity index is 2.22. The number of ether oxygens (including phenoxy) is 1. The molecule has 3 aromatic rings. The van der Waals surface area contributed by atoms with Crippen LogP contribution >= 0.6 is 0 Å². The molecular weight excluding hydrogens is 268 g/mol. The fourth-order valence-corrected chi connectivity index (χ4v) is 2.31. The summed E-state index contributed by atoms with van der Waals surface area (Å²) in [6, 6.07) is 9.48. The highest BCUT2D eigenvalue weighted by molar-refractivity contribution is 6.02. The normalized spacial score (nSPS) is 10.8. The first-order valence-electron chi connectivity index (χ1n) is 6.70. The van der Waals surface area contributed by atoms with Gasteiger partial charge in [-0.25, -0.2) is 4.79 Å². The van der Waals surface area contributed by atoms with Gasteiger partial charge in [-0.15, -0.1) is 0 Å². The summed E-state index contributed by atoms with van der Waals surface area (Å²) in [5.74, 6) is 0.0245. The third-order valence-electron chi connectivity index (χ3n) is 3.24. The van der Waals surface area contributed by atoms with E-state index in [0.717, 1.165) is 16.5 Å². The third-order valence-corrected chi connectivity index (χ3v) is 3.24. The van der Waals surface area contributed by atoms with Gasteiger partial charge < -0.3 is 9.26 Å². The number of benzene rings is 1. The Morgan fingerprint density at radius 1 is 1.29 bits per heavy atom. The van der Waals surface area contributed by atoms with Crippen LogP contribution in [0.3, 0.4) is 0 Å². The molecule has 5 heteroatoms. The molecule has 0 unspecified atom stereocenters. The Bertz CT molecular complexity index is 803. The second-order valence-corrected chi connectivity index (χ2v) is 4.56. The molecule has 1 aromatic carbocycles. The van der Waals surface area contributed by atoms with Crippen LogP contribution in [0, 0.1) is 6.92 Å². The van der Waals surface area contributed by atoms with Crippen LogP contribution in [-0.2, 0) is 4.74 Å². The molecular formula is C16H14N2O3. The smallest absolute Gasteiger partial charge is 0.344 e. The molecule has 0 spiro atoms. The maximum atomic E-state index is 12.1. The maximum absolute atomic E-state index is 12.1. The highest BCUT2D eigenvalue weighted by atomic mass is 16.5. The average Bonchev–Trinajstić information content (AvgIpc) is 2.88. The quantitative estimate of drug-likeness (QED) is 0.689. The number of pyridine rings is 1. The monoisotopic (exact) mass is 282 g/mol. The molecule has 2 heterocycles. The predicted octanol–water partition coefficient (Wildman–Crippen LogP) is 3.37. The number of nitrogens with zero attached hydrogens (tertiary/aromatic N) is 2. The summed E-state index contributed by atoms with van der Waals surface area (Å²) in [7, 11) is 0. The van der Waals surface area contributed by atoms with Crippen molar-refractivity contribution in [2.75, 3.05) is 6.61 Å². The van der Waals surface area contributed by atoms with E-state index in [0.29, 0.717) is 23.6 Å². The van der Waals surface area contributed by atoms with E-state index in [1.807, 2.05) is 30.3 Å². The van der Waals surface area contributed by atoms with Crippen LogP contribution in [0.1, 0.15) is 23.0 Å². The molecule has 0 aliphatic rings. The molecule has 0 saturated heterocycles. The second kappa shape index (κ2) is 5.36. The van der Waals surface area contributed by atoms with Gasteiger partial charge in [0.05, 0.1) is 12.1 Å². The van der Waals surface area contributed by atoms with Gasteiger partial charge in [0, 0.05) is 17.1 Å². The minimum atomic E-state index is -0.424. The van der Waals surface area contributed by atoms with Crippen molar-refractivity contribution < 1.29 is 14.1 Å². The molecule has 3 rings (SSSR count). The Morgan fingerprint density at radius 3 is 2.95 bits per heavy atom. The van der Waals surface area contributed by atoms with Crippen molar-refractivity contribution in [1.29, 1.82) is 0 Å². The first kappa shape index (κ1) is 13.3. The van der Waals surface area contributed by atoms with E-state index in [1.54, 1.807) is 20.0 Å². The van der Waals surface area contributed by atoms with Gasteiger partial charge in [-0.2, -0.15) is 0 Å². The van der Waals surface area contributed by atoms with Crippen molar-refractivity contribution in [2.45, 2.75) is 13.8 Å². The highest BCUT2D eigenvalue weighted by Gasteiger charge is 2.23. The summed E-state index contributed by atoms with van der Waals surface area (Å²) in [5.41, 5.74) is 2.50. The summed E-state index contributed by atoms with van der Waals surface area (Å²) in [4.78, 5) is 16.4. The van der Waals surface area contributed by atoms with Gasteiger partial charge in [0.25, 0.3) is 0 Å². The highest BCUT2D eigenvalue weighted by Crippen LogP contribution is 2.31. The fraction of sp³-hybridized carbons (Fsp3) is 0.188. The lowest BCUT2D eigenvalue weighted by atomic mass is 10.0. The van der Waals surface area contributed by atoms with Gasteiger partial charge in [-0.1, -0.05) is 23.4 Å². The summed E-state index contributed by atoms with van der Waals surface area (Å²) >= 11 is 0. The lowest BCUT2D eigenvalue weighted by molar-refractivity contribution is 0.0525. The first-order chi connectivity index (χ1) is 10.2. The van der Waals surface area contributed by atoms with E-state index in [9.17, 15) is 4.79 Å². The SMILES string of the molecule is CCOC(=O)c1c(-c2cccc3ncccc23)noc1C. The van der Waals surface area contributed by atoms with E-state index in [1.165, 1.54) is 0 Å². The zero-order chi connectivity index (χ0) is 14.8. The van der Waals surface area contributed by atoms with E-state index in [4.69, 9.17) is 9.26 Å². The molecule has 106 valence electrons. The first-order valence-corrected chi connectivity index (χ1v) is 6.70. The lowest BCUT2D eigenvalue weighted by Gasteiger charge is -2.05. The minimum absolute atomic E-state index is 0.306. The standard InChI is InChI=1S/C16H14N2O3/c1-3-20-16(19)14-10(2)21-18-15(14)12-6-4-8-13-11(12)7-5-9-17-13/h4-9H,3H2,1-2H3. The van der Waals surface area contributed by atoms with E-state index in [2.05, 4.69) is 10.1 Å². The molecule has 0 bridgehead atoms. The largest absolute Gasteiger partial charge is 0.462 e. The Hall–Kier alpha value is -2.69. The summed E-state index contributed by atoms with van der Waals surface area (Å²) in [6.45, 7) is 3.77. The number of carbonyl (C=O) groups is 1. The van der Waals surface area contributed by atoms with Crippen molar-refractivity contribution in [3.8, 4) is 11.3 Å². The van der Waals surface area contributed by atoms with Gasteiger partial charge >= 0.3 is 5.97 Å². The Morgan fingerprint density at radius 2 is 2.14 bits per heavy atom. The summed E-state index contributed by atoms with van der Waals surface area (Å²) < 4.78 is 10.3. The number of hydrogen-bond donors (Lipinski definition) is 0. The number of aromatic nitrogens is 2. The number of hydrogen-bond acceptors (Lipinski definition) is 5. The van der Waals surface area contributed by atoms with Gasteiger partial charge in [0.2, 0.25) is 0 Å². The lowest BCUT2D eigenvalue weighted by Crippen LogP contribution is -2.06. The number of rotatable bonds is 3. The zero-order valence-corrected chi connectivity index (χ0v) is 11.8. The topological polar surface area (TPSA) is 65.2 Å². The van der Waals surface area contributed by atoms with Crippen LogP contribution in [0.5, 0.6) is 0 Å². The third kappa shape index (κ3) is 2.27. The molecule has 0 radical (unpaired) electrons. The van der Waals surface area contributed by atoms with Crippen LogP contribution in [0.2, 0.25) is 0 Å².